The Morgan fingerprint density at radius 3 is 2.09 bits per heavy atom. The number of carbonyl (C=O) groups excluding carboxylic acids is 3. The first-order chi connectivity index (χ1) is 25.2. The van der Waals surface area contributed by atoms with Crippen molar-refractivity contribution < 1.29 is 81.4 Å². The molecule has 0 spiro atoms. The quantitative estimate of drug-likeness (QED) is 0.0483. The first kappa shape index (κ1) is 47.0. The summed E-state index contributed by atoms with van der Waals surface area (Å²) in [5.41, 5.74) is 1.90. The van der Waals surface area contributed by atoms with E-state index in [0.29, 0.717) is 112 Å². The van der Waals surface area contributed by atoms with Gasteiger partial charge in [0.05, 0.1) is 85.2 Å². The molecule has 14 nitrogen and oxygen atoms in total. The second-order valence-electron chi connectivity index (χ2n) is 13.7. The van der Waals surface area contributed by atoms with Gasteiger partial charge in [0, 0.05) is 90.3 Å². The Labute approximate surface area is 346 Å². The van der Waals surface area contributed by atoms with Gasteiger partial charge >= 0.3 is 0 Å². The average Bonchev–Trinajstić information content (AvgIpc) is 3.14. The number of rotatable bonds is 25. The smallest absolute Gasteiger partial charge is 0.264 e. The van der Waals surface area contributed by atoms with Crippen molar-refractivity contribution in [3.63, 3.8) is 0 Å². The maximum Gasteiger partial charge on any atom is 0.264 e. The molecule has 2 atom stereocenters. The van der Waals surface area contributed by atoms with Crippen LogP contribution in [0.25, 0.3) is 0 Å². The van der Waals surface area contributed by atoms with Gasteiger partial charge in [-0.05, 0) is 24.3 Å². The van der Waals surface area contributed by atoms with Gasteiger partial charge in [0.1, 0.15) is 11.6 Å². The number of carbonyl (C=O) groups is 2. The number of hydrogen-bond donors (Lipinski definition) is 2. The van der Waals surface area contributed by atoms with Crippen LogP contribution in [0.1, 0.15) is 37.3 Å². The van der Waals surface area contributed by atoms with Crippen LogP contribution in [0.15, 0.2) is 35.9 Å². The largest absolute Gasteiger partial charge is 0.528 e. The molecule has 2 aliphatic heterocycles. The number of amides is 3. The number of likely N-dealkylation sites (tertiary alicyclic amines) is 1. The first-order valence-corrected chi connectivity index (χ1v) is 18.3. The maximum atomic E-state index is 13.9. The van der Waals surface area contributed by atoms with Crippen molar-refractivity contribution >= 4 is 18.2 Å². The molecule has 0 aromatic heterocycles. The van der Waals surface area contributed by atoms with Gasteiger partial charge in [0.25, 0.3) is 5.91 Å². The van der Waals surface area contributed by atoms with E-state index in [0.717, 1.165) is 24.2 Å². The number of nitrogens with one attached hydrogen (secondary N) is 2. The zero-order valence-electron chi connectivity index (χ0n) is 31.5. The number of morpholine rings is 1. The molecule has 2 heterocycles. The van der Waals surface area contributed by atoms with Gasteiger partial charge < -0.3 is 48.7 Å². The molecule has 15 heteroatoms. The Morgan fingerprint density at radius 2 is 1.53 bits per heavy atom. The van der Waals surface area contributed by atoms with Crippen LogP contribution in [0, 0.1) is 68.2 Å². The molecule has 2 N–H and O–H groups in total. The fourth-order valence-electron chi connectivity index (χ4n) is 6.25. The summed E-state index contributed by atoms with van der Waals surface area (Å²) in [5.74, 6) is -0.940. The van der Waals surface area contributed by atoms with Crippen LogP contribution in [-0.2, 0) is 42.8 Å². The number of benzene rings is 1. The molecular weight excluding hydrogens is 829 g/mol. The number of ether oxygens (including phenoxy) is 6. The van der Waals surface area contributed by atoms with Crippen LogP contribution in [0.4, 0.5) is 0 Å². The Kier molecular flexibility index (Phi) is 24.3. The van der Waals surface area contributed by atoms with Crippen molar-refractivity contribution in [3.8, 4) is 6.07 Å². The SMILES string of the molecule is Cc1cccc(C2CC(C(=O)NCCOCCOCCOCCOCCOCCN[C-]=O)CN(C(=O)/C(C#N)=C/C(C)(C)CN3CCOCC3)C2)c1.[Tb]. The Balaban J connectivity index is 0.00000972. The molecule has 2 fully saturated rings. The molecule has 53 heavy (non-hydrogen) atoms. The number of aryl methyl sites for hydroxylation is 1. The molecule has 1 aromatic carbocycles. The van der Waals surface area contributed by atoms with Crippen LogP contribution in [0.5, 0.6) is 0 Å². The van der Waals surface area contributed by atoms with Gasteiger partial charge in [0.15, 0.2) is 0 Å². The summed E-state index contributed by atoms with van der Waals surface area (Å²) in [7, 11) is 0. The van der Waals surface area contributed by atoms with Crippen LogP contribution in [-0.4, -0.2) is 153 Å². The molecule has 1 aromatic rings. The molecule has 2 aliphatic rings. The van der Waals surface area contributed by atoms with E-state index in [2.05, 4.69) is 27.7 Å². The van der Waals surface area contributed by atoms with E-state index in [1.807, 2.05) is 39.0 Å². The van der Waals surface area contributed by atoms with Crippen LogP contribution >= 0.6 is 0 Å². The molecule has 1 radical (unpaired) electrons. The number of piperidine rings is 1. The van der Waals surface area contributed by atoms with Crippen LogP contribution < -0.4 is 10.6 Å². The number of nitrogens with zero attached hydrogens (tertiary/aromatic N) is 3. The van der Waals surface area contributed by atoms with Gasteiger partial charge in [-0.3, -0.25) is 14.5 Å². The molecule has 0 bridgehead atoms. The third-order valence-corrected chi connectivity index (χ3v) is 8.72. The van der Waals surface area contributed by atoms with Crippen molar-refractivity contribution in [3.05, 3.63) is 47.0 Å². The van der Waals surface area contributed by atoms with E-state index < -0.39 is 11.3 Å². The number of hydrogen-bond acceptors (Lipinski definition) is 11. The summed E-state index contributed by atoms with van der Waals surface area (Å²) in [6, 6.07) is 10.3. The summed E-state index contributed by atoms with van der Waals surface area (Å²) >= 11 is 0. The summed E-state index contributed by atoms with van der Waals surface area (Å²) in [6.07, 6.45) is 3.98. The molecule has 3 amide bonds. The topological polar surface area (TPSA) is 161 Å². The Hall–Kier alpha value is -2.13. The fourth-order valence-corrected chi connectivity index (χ4v) is 6.25. The van der Waals surface area contributed by atoms with Crippen molar-refractivity contribution in [1.29, 1.82) is 5.26 Å². The normalized spacial score (nSPS) is 18.2. The third kappa shape index (κ3) is 19.3. The second-order valence-corrected chi connectivity index (χ2v) is 13.7. The van der Waals surface area contributed by atoms with Gasteiger partial charge in [-0.1, -0.05) is 49.8 Å². The summed E-state index contributed by atoms with van der Waals surface area (Å²) in [4.78, 5) is 41.3. The molecule has 2 saturated heterocycles. The predicted molar refractivity (Wildman–Crippen MR) is 194 cm³/mol. The zero-order valence-corrected chi connectivity index (χ0v) is 33.7. The van der Waals surface area contributed by atoms with Crippen molar-refractivity contribution in [2.75, 3.05) is 125 Å². The van der Waals surface area contributed by atoms with E-state index in [-0.39, 0.29) is 68.5 Å². The van der Waals surface area contributed by atoms with E-state index in [1.54, 1.807) is 17.4 Å². The monoisotopic (exact) mass is 887 g/mol. The van der Waals surface area contributed by atoms with Gasteiger partial charge in [-0.25, -0.2) is 0 Å². The Bertz CT molecular complexity index is 1290. The van der Waals surface area contributed by atoms with E-state index in [9.17, 15) is 19.6 Å². The Morgan fingerprint density at radius 1 is 0.943 bits per heavy atom. The molecule has 299 valence electrons. The van der Waals surface area contributed by atoms with Crippen molar-refractivity contribution in [2.24, 2.45) is 11.3 Å². The zero-order chi connectivity index (χ0) is 37.4. The van der Waals surface area contributed by atoms with Gasteiger partial charge in [0.2, 0.25) is 5.91 Å². The van der Waals surface area contributed by atoms with Crippen LogP contribution in [0.3, 0.4) is 0 Å². The molecule has 0 saturated carbocycles. The predicted octanol–water partition coefficient (Wildman–Crippen LogP) is 1.59. The van der Waals surface area contributed by atoms with E-state index in [4.69, 9.17) is 28.4 Å². The van der Waals surface area contributed by atoms with Crippen molar-refractivity contribution in [1.82, 2.24) is 20.4 Å². The third-order valence-electron chi connectivity index (χ3n) is 8.72. The average molecular weight is 888 g/mol. The fraction of sp³-hybridized carbons (Fsp3) is 0.684. The first-order valence-electron chi connectivity index (χ1n) is 18.3. The molecular formula is C38H58N5O9Tb-. The van der Waals surface area contributed by atoms with Crippen LogP contribution in [0.2, 0.25) is 0 Å². The maximum absolute atomic E-state index is 13.9. The van der Waals surface area contributed by atoms with Gasteiger partial charge in [-0.15, -0.1) is 0 Å². The molecule has 0 aliphatic carbocycles. The summed E-state index contributed by atoms with van der Waals surface area (Å²) in [5, 5.41) is 15.5. The summed E-state index contributed by atoms with van der Waals surface area (Å²) in [6.45, 7) is 15.4. The van der Waals surface area contributed by atoms with Crippen molar-refractivity contribution in [2.45, 2.75) is 33.1 Å². The molecule has 3 rings (SSSR count). The van der Waals surface area contributed by atoms with E-state index in [1.165, 1.54) is 0 Å². The minimum absolute atomic E-state index is 0. The molecule has 2 unspecified atom stereocenters. The summed E-state index contributed by atoms with van der Waals surface area (Å²) < 4.78 is 32.8. The standard InChI is InChI=1S/C38H58N5O9.Tb/c1-31-5-4-6-32(23-31)33-24-34(28-43(27-33)37(46)35(26-39)25-38(2,3)29-42-9-13-49-14-10-42)36(45)41-8-12-48-16-18-51-20-22-52-21-19-50-17-15-47-11-7-40-30-44;/h4-6,23,25,33-34H,7-22,24,27-29H2,1-3H3,(H,40,44)(H,41,45);/q-1;/b35-25+;. The number of nitriles is 1. The minimum Gasteiger partial charge on any atom is -0.528 e. The van der Waals surface area contributed by atoms with Gasteiger partial charge in [-0.2, -0.15) is 11.7 Å². The second kappa shape index (κ2) is 27.4. The van der Waals surface area contributed by atoms with E-state index >= 15 is 0 Å². The minimum atomic E-state index is -0.428.